The number of urea groups is 1. The second-order valence-electron chi connectivity index (χ2n) is 9.73. The highest BCUT2D eigenvalue weighted by molar-refractivity contribution is 8.15. The zero-order valence-corrected chi connectivity index (χ0v) is 24.9. The van der Waals surface area contributed by atoms with E-state index < -0.39 is 12.4 Å². The van der Waals surface area contributed by atoms with Gasteiger partial charge in [0.1, 0.15) is 12.1 Å². The Morgan fingerprint density at radius 2 is 1.84 bits per heavy atom. The van der Waals surface area contributed by atoms with Gasteiger partial charge in [-0.3, -0.25) is 14.5 Å². The maximum Gasteiger partial charge on any atom is 0.573 e. The average molecular weight is 641 g/mol. The number of carbonyl (C=O) groups excluding carboxylic acids is 2. The number of hydrogen-bond acceptors (Lipinski definition) is 8. The van der Waals surface area contributed by atoms with Crippen LogP contribution < -0.4 is 15.1 Å². The van der Waals surface area contributed by atoms with Crippen molar-refractivity contribution in [3.63, 3.8) is 0 Å². The van der Waals surface area contributed by atoms with Gasteiger partial charge >= 0.3 is 12.4 Å². The van der Waals surface area contributed by atoms with Crippen LogP contribution in [0.1, 0.15) is 16.7 Å². The number of nitrogens with one attached hydrogen (secondary N) is 1. The number of alkyl halides is 3. The van der Waals surface area contributed by atoms with E-state index in [0.29, 0.717) is 30.2 Å². The summed E-state index contributed by atoms with van der Waals surface area (Å²) in [4.78, 5) is 40.2. The van der Waals surface area contributed by atoms with Crippen molar-refractivity contribution in [1.29, 1.82) is 0 Å². The minimum atomic E-state index is -4.76. The van der Waals surface area contributed by atoms with E-state index in [0.717, 1.165) is 22.3 Å². The molecule has 5 rings (SSSR count). The summed E-state index contributed by atoms with van der Waals surface area (Å²) in [5, 5.41) is 4.65. The van der Waals surface area contributed by atoms with Crippen molar-refractivity contribution < 1.29 is 37.1 Å². The molecule has 11 nitrogen and oxygen atoms in total. The van der Waals surface area contributed by atoms with Crippen LogP contribution in [0.25, 0.3) is 17.1 Å². The van der Waals surface area contributed by atoms with E-state index >= 15 is 0 Å². The third-order valence-electron chi connectivity index (χ3n) is 6.44. The van der Waals surface area contributed by atoms with Gasteiger partial charge in [0.15, 0.2) is 11.0 Å². The standard InChI is InChI=1S/C30H27F3N6O5S/c1-19-3-6-22(16-42-2)25(15-19)39-26(40)17-45-29(39)35-28(41)37-43-14-13-20-4-7-21(8-5-20)27-34-18-38(36-27)23-9-11-24(12-10-23)44-30(31,32)33/h3-12,15,18H,13-14,16-17H2,1-2H3,(H,37,41)/b35-29-. The lowest BCUT2D eigenvalue weighted by Gasteiger charge is -2.20. The Bertz CT molecular complexity index is 1690. The Hall–Kier alpha value is -4.73. The van der Waals surface area contributed by atoms with Gasteiger partial charge < -0.3 is 9.47 Å². The summed E-state index contributed by atoms with van der Waals surface area (Å²) in [5.41, 5.74) is 6.84. The van der Waals surface area contributed by atoms with E-state index in [1.807, 2.05) is 49.4 Å². The molecule has 4 aromatic rings. The highest BCUT2D eigenvalue weighted by atomic mass is 32.2. The number of rotatable bonds is 10. The van der Waals surface area contributed by atoms with Crippen LogP contribution in [0.3, 0.4) is 0 Å². The molecule has 2 heterocycles. The molecule has 0 spiro atoms. The van der Waals surface area contributed by atoms with Crippen LogP contribution in [0.15, 0.2) is 78.0 Å². The summed E-state index contributed by atoms with van der Waals surface area (Å²) in [7, 11) is 1.57. The van der Waals surface area contributed by atoms with Crippen molar-refractivity contribution in [2.45, 2.75) is 26.3 Å². The Balaban J connectivity index is 1.13. The number of methoxy groups -OCH3 is 1. The third-order valence-corrected chi connectivity index (χ3v) is 7.36. The van der Waals surface area contributed by atoms with Gasteiger partial charge in [-0.05, 0) is 54.8 Å². The first-order chi connectivity index (χ1) is 21.6. The molecule has 45 heavy (non-hydrogen) atoms. The predicted octanol–water partition coefficient (Wildman–Crippen LogP) is 5.61. The lowest BCUT2D eigenvalue weighted by molar-refractivity contribution is -0.274. The molecule has 3 aromatic carbocycles. The number of amides is 3. The maximum atomic E-state index is 12.7. The lowest BCUT2D eigenvalue weighted by atomic mass is 10.1. The van der Waals surface area contributed by atoms with Gasteiger partial charge in [-0.25, -0.2) is 19.9 Å². The summed E-state index contributed by atoms with van der Waals surface area (Å²) in [6.45, 7) is 2.38. The zero-order valence-electron chi connectivity index (χ0n) is 24.1. The van der Waals surface area contributed by atoms with Crippen LogP contribution in [-0.4, -0.2) is 57.7 Å². The number of aliphatic imine (C=N–C) groups is 1. The van der Waals surface area contributed by atoms with Crippen molar-refractivity contribution in [3.8, 4) is 22.8 Å². The van der Waals surface area contributed by atoms with Crippen LogP contribution in [0.2, 0.25) is 0 Å². The Kier molecular flexibility index (Phi) is 9.80. The first-order valence-electron chi connectivity index (χ1n) is 13.5. The summed E-state index contributed by atoms with van der Waals surface area (Å²) >= 11 is 1.17. The molecule has 0 aliphatic carbocycles. The van der Waals surface area contributed by atoms with Crippen LogP contribution in [0.5, 0.6) is 5.75 Å². The van der Waals surface area contributed by atoms with Gasteiger partial charge in [0, 0.05) is 18.2 Å². The summed E-state index contributed by atoms with van der Waals surface area (Å²) in [6.07, 6.45) is -2.82. The molecule has 1 aliphatic rings. The van der Waals surface area contributed by atoms with E-state index in [4.69, 9.17) is 9.57 Å². The minimum absolute atomic E-state index is 0.160. The molecule has 15 heteroatoms. The number of halogens is 3. The number of ether oxygens (including phenoxy) is 2. The molecule has 0 bridgehead atoms. The fourth-order valence-electron chi connectivity index (χ4n) is 4.37. The molecule has 0 unspecified atom stereocenters. The molecule has 234 valence electrons. The number of thioether (sulfide) groups is 1. The summed E-state index contributed by atoms with van der Waals surface area (Å²) < 4.78 is 47.8. The summed E-state index contributed by atoms with van der Waals surface area (Å²) in [6, 6.07) is 17.6. The topological polar surface area (TPSA) is 120 Å². The molecular formula is C30H27F3N6O5S. The lowest BCUT2D eigenvalue weighted by Crippen LogP contribution is -2.32. The van der Waals surface area contributed by atoms with Crippen molar-refractivity contribution in [3.05, 3.63) is 89.7 Å². The molecule has 0 atom stereocenters. The normalized spacial score (nSPS) is 14.3. The number of aryl methyl sites for hydroxylation is 1. The van der Waals surface area contributed by atoms with E-state index in [9.17, 15) is 22.8 Å². The monoisotopic (exact) mass is 640 g/mol. The number of hydroxylamine groups is 1. The molecular weight excluding hydrogens is 613 g/mol. The number of benzene rings is 3. The van der Waals surface area contributed by atoms with E-state index in [1.54, 1.807) is 7.11 Å². The second-order valence-corrected chi connectivity index (χ2v) is 10.7. The van der Waals surface area contributed by atoms with Crippen LogP contribution in [0, 0.1) is 6.92 Å². The zero-order chi connectivity index (χ0) is 32.0. The molecule has 3 amide bonds. The van der Waals surface area contributed by atoms with Crippen molar-refractivity contribution in [1.82, 2.24) is 20.2 Å². The highest BCUT2D eigenvalue weighted by Crippen LogP contribution is 2.31. The Labute approximate surface area is 260 Å². The smallest absolute Gasteiger partial charge is 0.406 e. The number of amidine groups is 1. The van der Waals surface area contributed by atoms with Gasteiger partial charge in [0.05, 0.1) is 30.3 Å². The predicted molar refractivity (Wildman–Crippen MR) is 161 cm³/mol. The van der Waals surface area contributed by atoms with E-state index in [-0.39, 0.29) is 29.2 Å². The van der Waals surface area contributed by atoms with Gasteiger partial charge in [-0.1, -0.05) is 48.2 Å². The first kappa shape index (κ1) is 31.7. The van der Waals surface area contributed by atoms with E-state index in [2.05, 4.69) is 25.3 Å². The first-order valence-corrected chi connectivity index (χ1v) is 14.5. The number of aromatic nitrogens is 3. The molecule has 1 aromatic heterocycles. The fraction of sp³-hybridized carbons (Fsp3) is 0.233. The molecule has 1 fully saturated rings. The van der Waals surface area contributed by atoms with Crippen molar-refractivity contribution in [2.75, 3.05) is 24.4 Å². The van der Waals surface area contributed by atoms with E-state index in [1.165, 1.54) is 51.9 Å². The van der Waals surface area contributed by atoms with Gasteiger partial charge in [0.2, 0.25) is 5.91 Å². The Morgan fingerprint density at radius 1 is 1.09 bits per heavy atom. The van der Waals surface area contributed by atoms with Gasteiger partial charge in [-0.2, -0.15) is 4.99 Å². The second kappa shape index (κ2) is 13.9. The number of anilines is 1. The average Bonchev–Trinajstić information content (AvgIpc) is 3.63. The van der Waals surface area contributed by atoms with Crippen LogP contribution in [-0.2, 0) is 27.4 Å². The minimum Gasteiger partial charge on any atom is -0.406 e. The van der Waals surface area contributed by atoms with Crippen LogP contribution in [0.4, 0.5) is 23.7 Å². The Morgan fingerprint density at radius 3 is 2.56 bits per heavy atom. The molecule has 1 saturated heterocycles. The van der Waals surface area contributed by atoms with Gasteiger partial charge in [-0.15, -0.1) is 18.3 Å². The van der Waals surface area contributed by atoms with Gasteiger partial charge in [0.25, 0.3) is 0 Å². The largest absolute Gasteiger partial charge is 0.573 e. The molecule has 0 saturated carbocycles. The SMILES string of the molecule is COCc1ccc(C)cc1N1C(=O)CS/C1=N\C(=O)NOCCc1ccc(-c2ncn(-c3ccc(OC(F)(F)F)cc3)n2)cc1. The number of hydrogen-bond donors (Lipinski definition) is 1. The fourth-order valence-corrected chi connectivity index (χ4v) is 5.23. The molecule has 1 N–H and O–H groups in total. The molecule has 1 aliphatic heterocycles. The number of carbonyl (C=O) groups is 2. The molecule has 0 radical (unpaired) electrons. The maximum absolute atomic E-state index is 12.7. The van der Waals surface area contributed by atoms with Crippen LogP contribution >= 0.6 is 11.8 Å². The highest BCUT2D eigenvalue weighted by Gasteiger charge is 2.32. The van der Waals surface area contributed by atoms with Crippen molar-refractivity contribution in [2.24, 2.45) is 4.99 Å². The third kappa shape index (κ3) is 8.26. The number of nitrogens with zero attached hydrogens (tertiary/aromatic N) is 5. The quantitative estimate of drug-likeness (QED) is 0.176. The van der Waals surface area contributed by atoms with Crippen molar-refractivity contribution >= 4 is 34.6 Å². The summed E-state index contributed by atoms with van der Waals surface area (Å²) in [5.74, 6) is 0.0731.